The number of benzene rings is 1. The van der Waals surface area contributed by atoms with Gasteiger partial charge in [-0.05, 0) is 38.0 Å². The van der Waals surface area contributed by atoms with Crippen molar-refractivity contribution in [3.8, 4) is 5.75 Å². The monoisotopic (exact) mass is 322 g/mol. The van der Waals surface area contributed by atoms with Crippen LogP contribution in [0.3, 0.4) is 0 Å². The number of halogens is 1. The lowest BCUT2D eigenvalue weighted by molar-refractivity contribution is -0.136. The van der Waals surface area contributed by atoms with E-state index in [0.717, 1.165) is 25.0 Å². The first kappa shape index (κ1) is 16.9. The Hall–Kier alpha value is -2.44. The first-order chi connectivity index (χ1) is 10.9. The predicted octanol–water partition coefficient (Wildman–Crippen LogP) is 1.14. The summed E-state index contributed by atoms with van der Waals surface area (Å²) < 4.78 is 18.5. The fourth-order valence-corrected chi connectivity index (χ4v) is 1.96. The molecule has 7 heteroatoms. The van der Waals surface area contributed by atoms with Crippen molar-refractivity contribution >= 4 is 17.6 Å². The van der Waals surface area contributed by atoms with Gasteiger partial charge in [0, 0.05) is 13.1 Å². The summed E-state index contributed by atoms with van der Waals surface area (Å²) in [6.07, 6.45) is 1.95. The molecule has 6 nitrogen and oxygen atoms in total. The number of Topliss-reactive ketones (excluding diaryl/α,β-unsaturated/α-hetero) is 1. The van der Waals surface area contributed by atoms with Gasteiger partial charge in [-0.3, -0.25) is 14.4 Å². The van der Waals surface area contributed by atoms with Crippen LogP contribution in [0.2, 0.25) is 0 Å². The van der Waals surface area contributed by atoms with E-state index in [-0.39, 0.29) is 42.2 Å². The summed E-state index contributed by atoms with van der Waals surface area (Å²) >= 11 is 0. The minimum absolute atomic E-state index is 0.0539. The number of amides is 2. The summed E-state index contributed by atoms with van der Waals surface area (Å²) in [6.45, 7) is 0.901. The largest absolute Gasteiger partial charge is 0.483 e. The normalized spacial score (nSPS) is 13.3. The molecule has 1 aromatic carbocycles. The van der Waals surface area contributed by atoms with Crippen molar-refractivity contribution in [3.63, 3.8) is 0 Å². The van der Waals surface area contributed by atoms with Gasteiger partial charge in [0.15, 0.2) is 12.4 Å². The predicted molar refractivity (Wildman–Crippen MR) is 80.7 cm³/mol. The molecule has 0 saturated heterocycles. The zero-order valence-electron chi connectivity index (χ0n) is 13.1. The average molecular weight is 322 g/mol. The summed E-state index contributed by atoms with van der Waals surface area (Å²) in [4.78, 5) is 36.3. The summed E-state index contributed by atoms with van der Waals surface area (Å²) in [5.74, 6) is -1.39. The molecular formula is C16H19FN2O4. The molecule has 1 aliphatic carbocycles. The van der Waals surface area contributed by atoms with Crippen molar-refractivity contribution in [3.05, 3.63) is 29.6 Å². The Morgan fingerprint density at radius 3 is 2.65 bits per heavy atom. The third kappa shape index (κ3) is 5.05. The van der Waals surface area contributed by atoms with E-state index < -0.39 is 11.7 Å². The van der Waals surface area contributed by atoms with Crippen LogP contribution in [0, 0.1) is 5.82 Å². The number of carbonyl (C=O) groups is 3. The van der Waals surface area contributed by atoms with E-state index in [9.17, 15) is 18.8 Å². The van der Waals surface area contributed by atoms with E-state index in [0.29, 0.717) is 0 Å². The number of likely N-dealkylation sites (N-methyl/N-ethyl adjacent to an activating group) is 1. The molecule has 0 radical (unpaired) electrons. The highest BCUT2D eigenvalue weighted by molar-refractivity contribution is 5.97. The second-order valence-corrected chi connectivity index (χ2v) is 5.58. The lowest BCUT2D eigenvalue weighted by Gasteiger charge is -2.17. The maximum Gasteiger partial charge on any atom is 0.260 e. The molecule has 0 heterocycles. The molecule has 23 heavy (non-hydrogen) atoms. The van der Waals surface area contributed by atoms with Crippen molar-refractivity contribution in [2.45, 2.75) is 25.8 Å². The topological polar surface area (TPSA) is 75.7 Å². The van der Waals surface area contributed by atoms with E-state index in [1.54, 1.807) is 0 Å². The first-order valence-corrected chi connectivity index (χ1v) is 7.33. The van der Waals surface area contributed by atoms with Crippen LogP contribution in [0.1, 0.15) is 30.1 Å². The summed E-state index contributed by atoms with van der Waals surface area (Å²) in [5.41, 5.74) is 0.0759. The minimum Gasteiger partial charge on any atom is -0.483 e. The highest BCUT2D eigenvalue weighted by Gasteiger charge is 2.24. The Morgan fingerprint density at radius 1 is 1.35 bits per heavy atom. The highest BCUT2D eigenvalue weighted by atomic mass is 19.1. The standard InChI is InChI=1S/C16H19FN2O4/c1-10(20)13-7-11(17)3-6-14(13)23-9-16(22)19(2)8-15(21)18-12-4-5-12/h3,6-7,12H,4-5,8-9H2,1-2H3,(H,18,21). The molecule has 2 rings (SSSR count). The van der Waals surface area contributed by atoms with Gasteiger partial charge in [0.05, 0.1) is 12.1 Å². The second kappa shape index (κ2) is 7.21. The molecule has 0 unspecified atom stereocenters. The molecule has 1 N–H and O–H groups in total. The molecule has 1 aliphatic rings. The van der Waals surface area contributed by atoms with Gasteiger partial charge in [0.1, 0.15) is 11.6 Å². The lowest BCUT2D eigenvalue weighted by atomic mass is 10.1. The van der Waals surface area contributed by atoms with Crippen LogP contribution in [-0.4, -0.2) is 48.7 Å². The Morgan fingerprint density at radius 2 is 2.04 bits per heavy atom. The van der Waals surface area contributed by atoms with Crippen LogP contribution in [0.4, 0.5) is 4.39 Å². The van der Waals surface area contributed by atoms with Crippen molar-refractivity contribution in [2.24, 2.45) is 0 Å². The van der Waals surface area contributed by atoms with Gasteiger partial charge in [-0.1, -0.05) is 0 Å². The third-order valence-electron chi connectivity index (χ3n) is 3.42. The van der Waals surface area contributed by atoms with E-state index in [1.807, 2.05) is 0 Å². The van der Waals surface area contributed by atoms with E-state index in [4.69, 9.17) is 4.74 Å². The Kier molecular flexibility index (Phi) is 5.31. The van der Waals surface area contributed by atoms with E-state index in [2.05, 4.69) is 5.32 Å². The van der Waals surface area contributed by atoms with Gasteiger partial charge in [0.25, 0.3) is 5.91 Å². The summed E-state index contributed by atoms with van der Waals surface area (Å²) in [6, 6.07) is 3.76. The van der Waals surface area contributed by atoms with Gasteiger partial charge >= 0.3 is 0 Å². The molecule has 0 atom stereocenters. The van der Waals surface area contributed by atoms with Crippen LogP contribution >= 0.6 is 0 Å². The Labute approximate surface area is 133 Å². The molecule has 1 aromatic rings. The van der Waals surface area contributed by atoms with Crippen LogP contribution < -0.4 is 10.1 Å². The molecule has 0 aliphatic heterocycles. The van der Waals surface area contributed by atoms with Crippen molar-refractivity contribution < 1.29 is 23.5 Å². The summed E-state index contributed by atoms with van der Waals surface area (Å²) in [7, 11) is 1.49. The number of hydrogen-bond acceptors (Lipinski definition) is 4. The molecule has 0 bridgehead atoms. The quantitative estimate of drug-likeness (QED) is 0.764. The molecule has 1 saturated carbocycles. The number of nitrogens with one attached hydrogen (secondary N) is 1. The molecule has 124 valence electrons. The van der Waals surface area contributed by atoms with Gasteiger partial charge in [-0.25, -0.2) is 4.39 Å². The number of carbonyl (C=O) groups excluding carboxylic acids is 3. The van der Waals surface area contributed by atoms with Crippen molar-refractivity contribution in [1.29, 1.82) is 0 Å². The van der Waals surface area contributed by atoms with Crippen molar-refractivity contribution in [2.75, 3.05) is 20.2 Å². The molecule has 0 spiro atoms. The number of ether oxygens (including phenoxy) is 1. The van der Waals surface area contributed by atoms with Gasteiger partial charge in [-0.15, -0.1) is 0 Å². The first-order valence-electron chi connectivity index (χ1n) is 7.33. The fourth-order valence-electron chi connectivity index (χ4n) is 1.96. The Bertz CT molecular complexity index is 629. The minimum atomic E-state index is -0.553. The maximum absolute atomic E-state index is 13.2. The van der Waals surface area contributed by atoms with Crippen LogP contribution in [-0.2, 0) is 9.59 Å². The molecule has 0 aromatic heterocycles. The maximum atomic E-state index is 13.2. The lowest BCUT2D eigenvalue weighted by Crippen LogP contribution is -2.41. The van der Waals surface area contributed by atoms with Crippen LogP contribution in [0.25, 0.3) is 0 Å². The number of hydrogen-bond donors (Lipinski definition) is 1. The van der Waals surface area contributed by atoms with E-state index >= 15 is 0 Å². The number of nitrogens with zero attached hydrogens (tertiary/aromatic N) is 1. The number of rotatable bonds is 7. The third-order valence-corrected chi connectivity index (χ3v) is 3.42. The van der Waals surface area contributed by atoms with E-state index in [1.165, 1.54) is 24.9 Å². The average Bonchev–Trinajstić information content (AvgIpc) is 3.28. The molecule has 1 fully saturated rings. The smallest absolute Gasteiger partial charge is 0.260 e. The Balaban J connectivity index is 1.88. The van der Waals surface area contributed by atoms with Crippen molar-refractivity contribution in [1.82, 2.24) is 10.2 Å². The van der Waals surface area contributed by atoms with Crippen LogP contribution in [0.5, 0.6) is 5.75 Å². The second-order valence-electron chi connectivity index (χ2n) is 5.58. The fraction of sp³-hybridized carbons (Fsp3) is 0.438. The SMILES string of the molecule is CC(=O)c1cc(F)ccc1OCC(=O)N(C)CC(=O)NC1CC1. The molecular weight excluding hydrogens is 303 g/mol. The van der Waals surface area contributed by atoms with Gasteiger partial charge < -0.3 is 15.0 Å². The summed E-state index contributed by atoms with van der Waals surface area (Å²) in [5, 5.41) is 2.78. The van der Waals surface area contributed by atoms with Gasteiger partial charge in [0.2, 0.25) is 5.91 Å². The zero-order valence-corrected chi connectivity index (χ0v) is 13.1. The van der Waals surface area contributed by atoms with Gasteiger partial charge in [-0.2, -0.15) is 0 Å². The number of ketones is 1. The molecule has 2 amide bonds. The zero-order chi connectivity index (χ0) is 17.0. The van der Waals surface area contributed by atoms with Crippen LogP contribution in [0.15, 0.2) is 18.2 Å². The highest BCUT2D eigenvalue weighted by Crippen LogP contribution is 2.20.